The van der Waals surface area contributed by atoms with Gasteiger partial charge in [0.05, 0.1) is 12.6 Å². The van der Waals surface area contributed by atoms with Crippen molar-refractivity contribution >= 4 is 0 Å². The highest BCUT2D eigenvalue weighted by atomic mass is 16.6. The number of hydrogen-bond acceptors (Lipinski definition) is 5. The minimum atomic E-state index is 0.147. The Morgan fingerprint density at radius 1 is 1.20 bits per heavy atom. The van der Waals surface area contributed by atoms with Gasteiger partial charge in [-0.15, -0.1) is 0 Å². The van der Waals surface area contributed by atoms with Crippen molar-refractivity contribution in [3.8, 4) is 11.5 Å². The van der Waals surface area contributed by atoms with E-state index in [2.05, 4.69) is 5.32 Å². The molecule has 5 nitrogen and oxygen atoms in total. The lowest BCUT2D eigenvalue weighted by Crippen LogP contribution is -2.23. The van der Waals surface area contributed by atoms with Gasteiger partial charge in [0.1, 0.15) is 13.2 Å². The van der Waals surface area contributed by atoms with E-state index in [-0.39, 0.29) is 6.04 Å². The molecule has 0 fully saturated rings. The Morgan fingerprint density at radius 3 is 2.75 bits per heavy atom. The Morgan fingerprint density at radius 2 is 2.00 bits per heavy atom. The lowest BCUT2D eigenvalue weighted by molar-refractivity contribution is 0.0887. The number of methoxy groups -OCH3 is 1. The molecule has 0 aromatic heterocycles. The van der Waals surface area contributed by atoms with Crippen LogP contribution in [-0.2, 0) is 9.47 Å². The van der Waals surface area contributed by atoms with Gasteiger partial charge in [-0.1, -0.05) is 6.07 Å². The molecule has 0 amide bonds. The molecule has 0 spiro atoms. The monoisotopic (exact) mass is 281 g/mol. The second-order valence-corrected chi connectivity index (χ2v) is 4.67. The molecule has 0 bridgehead atoms. The van der Waals surface area contributed by atoms with Crippen LogP contribution in [0.5, 0.6) is 11.5 Å². The van der Waals surface area contributed by atoms with Crippen molar-refractivity contribution in [2.45, 2.75) is 12.5 Å². The molecule has 20 heavy (non-hydrogen) atoms. The third-order valence-corrected chi connectivity index (χ3v) is 3.24. The van der Waals surface area contributed by atoms with E-state index in [1.54, 1.807) is 7.11 Å². The maximum absolute atomic E-state index is 5.67. The van der Waals surface area contributed by atoms with Crippen LogP contribution in [0.4, 0.5) is 0 Å². The van der Waals surface area contributed by atoms with Gasteiger partial charge in [-0.25, -0.2) is 0 Å². The van der Waals surface area contributed by atoms with Crippen molar-refractivity contribution in [1.29, 1.82) is 0 Å². The standard InChI is InChI=1S/C15H23NO4/c1-16-13(11-18-7-3-6-17-2)12-4-5-14-15(10-12)20-9-8-19-14/h4-5,10,13,16H,3,6-9,11H2,1-2H3. The van der Waals surface area contributed by atoms with Crippen molar-refractivity contribution in [2.24, 2.45) is 0 Å². The van der Waals surface area contributed by atoms with Crippen LogP contribution in [0.1, 0.15) is 18.0 Å². The normalized spacial score (nSPS) is 15.1. The molecule has 0 saturated carbocycles. The Kier molecular flexibility index (Phi) is 6.11. The predicted octanol–water partition coefficient (Wildman–Crippen LogP) is 1.77. The van der Waals surface area contributed by atoms with Crippen LogP contribution < -0.4 is 14.8 Å². The van der Waals surface area contributed by atoms with Crippen LogP contribution in [0.2, 0.25) is 0 Å². The molecule has 112 valence electrons. The summed E-state index contributed by atoms with van der Waals surface area (Å²) in [6.45, 7) is 3.28. The molecule has 1 atom stereocenters. The van der Waals surface area contributed by atoms with Crippen molar-refractivity contribution in [1.82, 2.24) is 5.32 Å². The third kappa shape index (κ3) is 4.10. The molecule has 2 rings (SSSR count). The van der Waals surface area contributed by atoms with E-state index in [1.807, 2.05) is 25.2 Å². The Balaban J connectivity index is 1.90. The largest absolute Gasteiger partial charge is 0.486 e. The van der Waals surface area contributed by atoms with Gasteiger partial charge >= 0.3 is 0 Å². The zero-order chi connectivity index (χ0) is 14.2. The first kappa shape index (κ1) is 15.1. The minimum Gasteiger partial charge on any atom is -0.486 e. The molecule has 1 aliphatic heterocycles. The van der Waals surface area contributed by atoms with Gasteiger partial charge < -0.3 is 24.3 Å². The first-order valence-electron chi connectivity index (χ1n) is 6.98. The molecule has 5 heteroatoms. The predicted molar refractivity (Wildman–Crippen MR) is 76.5 cm³/mol. The van der Waals surface area contributed by atoms with Gasteiger partial charge in [0.2, 0.25) is 0 Å². The van der Waals surface area contributed by atoms with Crippen molar-refractivity contribution < 1.29 is 18.9 Å². The average Bonchev–Trinajstić information content (AvgIpc) is 2.50. The van der Waals surface area contributed by atoms with E-state index in [0.717, 1.165) is 30.1 Å². The van der Waals surface area contributed by atoms with Crippen molar-refractivity contribution in [3.63, 3.8) is 0 Å². The fourth-order valence-electron chi connectivity index (χ4n) is 2.13. The Labute approximate surface area is 120 Å². The highest BCUT2D eigenvalue weighted by Crippen LogP contribution is 2.32. The topological polar surface area (TPSA) is 49.0 Å². The number of nitrogens with one attached hydrogen (secondary N) is 1. The second-order valence-electron chi connectivity index (χ2n) is 4.67. The number of fused-ring (bicyclic) bond motifs is 1. The summed E-state index contributed by atoms with van der Waals surface area (Å²) in [5.74, 6) is 1.63. The zero-order valence-corrected chi connectivity index (χ0v) is 12.2. The SMILES string of the molecule is CNC(COCCCOC)c1ccc2c(c1)OCCO2. The summed E-state index contributed by atoms with van der Waals surface area (Å²) in [5.41, 5.74) is 1.14. The van der Waals surface area contributed by atoms with Crippen LogP contribution in [0.25, 0.3) is 0 Å². The van der Waals surface area contributed by atoms with Gasteiger partial charge in [0.25, 0.3) is 0 Å². The van der Waals surface area contributed by atoms with Gasteiger partial charge in [0, 0.05) is 20.3 Å². The summed E-state index contributed by atoms with van der Waals surface area (Å²) < 4.78 is 21.8. The van der Waals surface area contributed by atoms with Crippen LogP contribution in [0, 0.1) is 0 Å². The highest BCUT2D eigenvalue weighted by Gasteiger charge is 2.16. The lowest BCUT2D eigenvalue weighted by Gasteiger charge is -2.22. The van der Waals surface area contributed by atoms with Crippen LogP contribution >= 0.6 is 0 Å². The van der Waals surface area contributed by atoms with Crippen molar-refractivity contribution in [2.75, 3.05) is 47.2 Å². The van der Waals surface area contributed by atoms with Crippen LogP contribution in [-0.4, -0.2) is 47.2 Å². The first-order chi connectivity index (χ1) is 9.85. The number of hydrogen-bond donors (Lipinski definition) is 1. The molecule has 0 radical (unpaired) electrons. The van der Waals surface area contributed by atoms with E-state index < -0.39 is 0 Å². The molecule has 1 heterocycles. The first-order valence-corrected chi connectivity index (χ1v) is 6.98. The quantitative estimate of drug-likeness (QED) is 0.736. The van der Waals surface area contributed by atoms with E-state index in [4.69, 9.17) is 18.9 Å². The molecule has 0 saturated heterocycles. The van der Waals surface area contributed by atoms with E-state index in [0.29, 0.717) is 26.4 Å². The molecule has 1 N–H and O–H groups in total. The second kappa shape index (κ2) is 8.09. The maximum Gasteiger partial charge on any atom is 0.161 e. The summed E-state index contributed by atoms with van der Waals surface area (Å²) in [5, 5.41) is 3.26. The Bertz CT molecular complexity index is 411. The number of rotatable bonds is 8. The smallest absolute Gasteiger partial charge is 0.161 e. The summed E-state index contributed by atoms with van der Waals surface area (Å²) in [6.07, 6.45) is 0.911. The highest BCUT2D eigenvalue weighted by molar-refractivity contribution is 5.44. The summed E-state index contributed by atoms with van der Waals surface area (Å²) in [4.78, 5) is 0. The maximum atomic E-state index is 5.67. The van der Waals surface area contributed by atoms with Crippen LogP contribution in [0.3, 0.4) is 0 Å². The molecule has 1 unspecified atom stereocenters. The average molecular weight is 281 g/mol. The molecular weight excluding hydrogens is 258 g/mol. The number of ether oxygens (including phenoxy) is 4. The zero-order valence-electron chi connectivity index (χ0n) is 12.2. The molecule has 1 aromatic rings. The number of likely N-dealkylation sites (N-methyl/N-ethyl adjacent to an activating group) is 1. The minimum absolute atomic E-state index is 0.147. The summed E-state index contributed by atoms with van der Waals surface area (Å²) >= 11 is 0. The van der Waals surface area contributed by atoms with Gasteiger partial charge in [0.15, 0.2) is 11.5 Å². The Hall–Kier alpha value is -1.30. The van der Waals surface area contributed by atoms with Gasteiger partial charge in [-0.2, -0.15) is 0 Å². The number of benzene rings is 1. The van der Waals surface area contributed by atoms with E-state index >= 15 is 0 Å². The molecule has 1 aliphatic rings. The van der Waals surface area contributed by atoms with E-state index in [1.165, 1.54) is 0 Å². The van der Waals surface area contributed by atoms with Crippen LogP contribution in [0.15, 0.2) is 18.2 Å². The molecule has 0 aliphatic carbocycles. The molecule has 1 aromatic carbocycles. The fraction of sp³-hybridized carbons (Fsp3) is 0.600. The third-order valence-electron chi connectivity index (χ3n) is 3.24. The fourth-order valence-corrected chi connectivity index (χ4v) is 2.13. The van der Waals surface area contributed by atoms with Crippen molar-refractivity contribution in [3.05, 3.63) is 23.8 Å². The molecular formula is C15H23NO4. The van der Waals surface area contributed by atoms with Gasteiger partial charge in [-0.05, 0) is 31.2 Å². The lowest BCUT2D eigenvalue weighted by atomic mass is 10.1. The van der Waals surface area contributed by atoms with Gasteiger partial charge in [-0.3, -0.25) is 0 Å². The summed E-state index contributed by atoms with van der Waals surface area (Å²) in [6, 6.07) is 6.17. The van der Waals surface area contributed by atoms with E-state index in [9.17, 15) is 0 Å². The summed E-state index contributed by atoms with van der Waals surface area (Å²) in [7, 11) is 3.63.